The van der Waals surface area contributed by atoms with Gasteiger partial charge in [-0.1, -0.05) is 35.4 Å². The first-order valence-corrected chi connectivity index (χ1v) is 7.21. The third-order valence-electron chi connectivity index (χ3n) is 3.77. The normalized spacial score (nSPS) is 17.1. The molecular weight excluding hydrogens is 270 g/mol. The second-order valence-electron chi connectivity index (χ2n) is 5.42. The summed E-state index contributed by atoms with van der Waals surface area (Å²) in [5.74, 6) is 0.754. The van der Waals surface area contributed by atoms with Crippen LogP contribution in [0, 0.1) is 20.8 Å². The van der Waals surface area contributed by atoms with Crippen LogP contribution >= 0.6 is 11.6 Å². The van der Waals surface area contributed by atoms with Gasteiger partial charge < -0.3 is 10.1 Å². The molecular formula is C17H18ClNO. The van der Waals surface area contributed by atoms with Crippen LogP contribution in [0.25, 0.3) is 0 Å². The molecule has 20 heavy (non-hydrogen) atoms. The molecule has 0 aromatic heterocycles. The van der Waals surface area contributed by atoms with Crippen LogP contribution < -0.4 is 10.1 Å². The van der Waals surface area contributed by atoms with Gasteiger partial charge in [0.1, 0.15) is 6.10 Å². The minimum atomic E-state index is 0.00278. The SMILES string of the molecule is Cc1cc(C)c(C2CNc3cccc(Cl)c3O2)c(C)c1. The van der Waals surface area contributed by atoms with E-state index in [1.165, 1.54) is 22.3 Å². The summed E-state index contributed by atoms with van der Waals surface area (Å²) in [6, 6.07) is 10.2. The Kier molecular flexibility index (Phi) is 3.35. The Morgan fingerprint density at radius 1 is 1.15 bits per heavy atom. The molecule has 0 aliphatic carbocycles. The highest BCUT2D eigenvalue weighted by Crippen LogP contribution is 2.40. The third kappa shape index (κ3) is 2.25. The van der Waals surface area contributed by atoms with E-state index in [-0.39, 0.29) is 6.10 Å². The molecule has 2 nitrogen and oxygen atoms in total. The molecule has 1 unspecified atom stereocenters. The highest BCUT2D eigenvalue weighted by molar-refractivity contribution is 6.32. The van der Waals surface area contributed by atoms with E-state index in [1.807, 2.05) is 18.2 Å². The van der Waals surface area contributed by atoms with Crippen molar-refractivity contribution in [1.82, 2.24) is 0 Å². The van der Waals surface area contributed by atoms with Crippen molar-refractivity contribution in [3.63, 3.8) is 0 Å². The van der Waals surface area contributed by atoms with Gasteiger partial charge in [-0.05, 0) is 49.6 Å². The minimum absolute atomic E-state index is 0.00278. The van der Waals surface area contributed by atoms with Crippen LogP contribution in [0.5, 0.6) is 5.75 Å². The maximum atomic E-state index is 6.23. The van der Waals surface area contributed by atoms with E-state index in [0.29, 0.717) is 5.02 Å². The van der Waals surface area contributed by atoms with E-state index in [9.17, 15) is 0 Å². The maximum Gasteiger partial charge on any atom is 0.161 e. The first-order chi connectivity index (χ1) is 9.56. The van der Waals surface area contributed by atoms with Crippen molar-refractivity contribution in [2.45, 2.75) is 26.9 Å². The molecule has 2 aromatic rings. The topological polar surface area (TPSA) is 21.3 Å². The maximum absolute atomic E-state index is 6.23. The Morgan fingerprint density at radius 3 is 2.55 bits per heavy atom. The number of rotatable bonds is 1. The lowest BCUT2D eigenvalue weighted by Crippen LogP contribution is -2.25. The third-order valence-corrected chi connectivity index (χ3v) is 4.06. The number of hydrogen-bond acceptors (Lipinski definition) is 2. The lowest BCUT2D eigenvalue weighted by molar-refractivity contribution is 0.209. The number of hydrogen-bond donors (Lipinski definition) is 1. The number of para-hydroxylation sites is 1. The van der Waals surface area contributed by atoms with E-state index in [2.05, 4.69) is 38.2 Å². The van der Waals surface area contributed by atoms with Crippen molar-refractivity contribution < 1.29 is 4.74 Å². The molecule has 0 radical (unpaired) electrons. The second-order valence-corrected chi connectivity index (χ2v) is 5.82. The predicted molar refractivity (Wildman–Crippen MR) is 84.0 cm³/mol. The molecule has 0 saturated heterocycles. The molecule has 3 heteroatoms. The van der Waals surface area contributed by atoms with Crippen molar-refractivity contribution in [3.05, 3.63) is 57.6 Å². The van der Waals surface area contributed by atoms with Crippen LogP contribution in [0.4, 0.5) is 5.69 Å². The molecule has 104 valence electrons. The Labute approximate surface area is 124 Å². The Hall–Kier alpha value is -1.67. The van der Waals surface area contributed by atoms with Crippen LogP contribution in [0.1, 0.15) is 28.4 Å². The largest absolute Gasteiger partial charge is 0.480 e. The number of anilines is 1. The molecule has 0 amide bonds. The molecule has 1 aliphatic heterocycles. The fourth-order valence-corrected chi connectivity index (χ4v) is 3.23. The molecule has 1 aliphatic rings. The highest BCUT2D eigenvalue weighted by Gasteiger charge is 2.25. The number of nitrogens with one attached hydrogen (secondary N) is 1. The summed E-state index contributed by atoms with van der Waals surface area (Å²) in [5, 5.41) is 4.07. The van der Waals surface area contributed by atoms with Crippen LogP contribution in [-0.2, 0) is 0 Å². The van der Waals surface area contributed by atoms with Gasteiger partial charge in [-0.2, -0.15) is 0 Å². The summed E-state index contributed by atoms with van der Waals surface area (Å²) in [5.41, 5.74) is 6.05. The molecule has 1 heterocycles. The molecule has 0 saturated carbocycles. The average molecular weight is 288 g/mol. The van der Waals surface area contributed by atoms with Gasteiger partial charge in [0, 0.05) is 0 Å². The van der Waals surface area contributed by atoms with Gasteiger partial charge in [-0.3, -0.25) is 0 Å². The van der Waals surface area contributed by atoms with Gasteiger partial charge in [-0.25, -0.2) is 0 Å². The molecule has 0 bridgehead atoms. The van der Waals surface area contributed by atoms with Gasteiger partial charge in [0.05, 0.1) is 17.3 Å². The Bertz CT molecular complexity index is 643. The number of aryl methyl sites for hydroxylation is 3. The molecule has 1 N–H and O–H groups in total. The van der Waals surface area contributed by atoms with Crippen LogP contribution in [0.3, 0.4) is 0 Å². The summed E-state index contributed by atoms with van der Waals surface area (Å²) in [4.78, 5) is 0. The van der Waals surface area contributed by atoms with Crippen LogP contribution in [0.15, 0.2) is 30.3 Å². The number of fused-ring (bicyclic) bond motifs is 1. The zero-order chi connectivity index (χ0) is 14.3. The standard InChI is InChI=1S/C17H18ClNO/c1-10-7-11(2)16(12(3)8-10)15-9-19-14-6-4-5-13(18)17(14)20-15/h4-8,15,19H,9H2,1-3H3. The number of benzene rings is 2. The Balaban J connectivity index is 2.01. The van der Waals surface area contributed by atoms with E-state index < -0.39 is 0 Å². The average Bonchev–Trinajstić information content (AvgIpc) is 2.38. The molecule has 2 aromatic carbocycles. The van der Waals surface area contributed by atoms with Crippen molar-refractivity contribution in [2.75, 3.05) is 11.9 Å². The van der Waals surface area contributed by atoms with Gasteiger partial charge in [0.25, 0.3) is 0 Å². The van der Waals surface area contributed by atoms with Gasteiger partial charge >= 0.3 is 0 Å². The number of halogens is 1. The van der Waals surface area contributed by atoms with E-state index in [0.717, 1.165) is 18.0 Å². The highest BCUT2D eigenvalue weighted by atomic mass is 35.5. The summed E-state index contributed by atoms with van der Waals surface area (Å²) in [7, 11) is 0. The van der Waals surface area contributed by atoms with E-state index in [4.69, 9.17) is 16.3 Å². The van der Waals surface area contributed by atoms with Crippen molar-refractivity contribution in [2.24, 2.45) is 0 Å². The van der Waals surface area contributed by atoms with Gasteiger partial charge in [0.2, 0.25) is 0 Å². The zero-order valence-corrected chi connectivity index (χ0v) is 12.7. The first-order valence-electron chi connectivity index (χ1n) is 6.83. The lowest BCUT2D eigenvalue weighted by Gasteiger charge is -2.30. The molecule has 0 spiro atoms. The van der Waals surface area contributed by atoms with Crippen molar-refractivity contribution in [1.29, 1.82) is 0 Å². The smallest absolute Gasteiger partial charge is 0.161 e. The van der Waals surface area contributed by atoms with Crippen molar-refractivity contribution >= 4 is 17.3 Å². The molecule has 1 atom stereocenters. The summed E-state index contributed by atoms with van der Waals surface area (Å²) in [6.07, 6.45) is 0.00278. The van der Waals surface area contributed by atoms with Gasteiger partial charge in [0.15, 0.2) is 5.75 Å². The fourth-order valence-electron chi connectivity index (χ4n) is 3.01. The molecule has 3 rings (SSSR count). The fraction of sp³-hybridized carbons (Fsp3) is 0.294. The first kappa shape index (κ1) is 13.3. The number of ether oxygens (including phenoxy) is 1. The zero-order valence-electron chi connectivity index (χ0n) is 12.0. The quantitative estimate of drug-likeness (QED) is 0.812. The van der Waals surface area contributed by atoms with Crippen LogP contribution in [-0.4, -0.2) is 6.54 Å². The van der Waals surface area contributed by atoms with Crippen molar-refractivity contribution in [3.8, 4) is 5.75 Å². The van der Waals surface area contributed by atoms with E-state index >= 15 is 0 Å². The summed E-state index contributed by atoms with van der Waals surface area (Å²) in [6.45, 7) is 7.16. The lowest BCUT2D eigenvalue weighted by atomic mass is 9.95. The minimum Gasteiger partial charge on any atom is -0.480 e. The van der Waals surface area contributed by atoms with Crippen LogP contribution in [0.2, 0.25) is 5.02 Å². The second kappa shape index (κ2) is 5.02. The van der Waals surface area contributed by atoms with E-state index in [1.54, 1.807) is 0 Å². The Morgan fingerprint density at radius 2 is 1.85 bits per heavy atom. The molecule has 0 fully saturated rings. The predicted octanol–water partition coefficient (Wildman–Crippen LogP) is 4.81. The monoisotopic (exact) mass is 287 g/mol. The summed E-state index contributed by atoms with van der Waals surface area (Å²) < 4.78 is 6.16. The van der Waals surface area contributed by atoms with Gasteiger partial charge in [-0.15, -0.1) is 0 Å². The summed E-state index contributed by atoms with van der Waals surface area (Å²) >= 11 is 6.23.